The molecule has 2 rings (SSSR count). The summed E-state index contributed by atoms with van der Waals surface area (Å²) in [5.41, 5.74) is 0. The normalized spacial score (nSPS) is 30.5. The third-order valence-corrected chi connectivity index (χ3v) is 3.62. The molecule has 0 aromatic rings. The first kappa shape index (κ1) is 14.0. The summed E-state index contributed by atoms with van der Waals surface area (Å²) in [5, 5.41) is 1.89. The minimum absolute atomic E-state index is 0.209. The molecule has 0 aliphatic carbocycles. The van der Waals surface area contributed by atoms with Gasteiger partial charge in [-0.3, -0.25) is 4.84 Å². The van der Waals surface area contributed by atoms with Gasteiger partial charge in [0.25, 0.3) is 0 Å². The van der Waals surface area contributed by atoms with E-state index in [9.17, 15) is 9.59 Å². The van der Waals surface area contributed by atoms with E-state index in [0.717, 1.165) is 12.8 Å². The third-order valence-electron chi connectivity index (χ3n) is 3.62. The summed E-state index contributed by atoms with van der Waals surface area (Å²) in [6, 6.07) is 0.487. The number of esters is 2. The number of rotatable bonds is 4. The predicted molar refractivity (Wildman–Crippen MR) is 65.9 cm³/mol. The van der Waals surface area contributed by atoms with Crippen molar-refractivity contribution in [2.75, 3.05) is 14.2 Å². The summed E-state index contributed by atoms with van der Waals surface area (Å²) >= 11 is 0. The Bertz CT molecular complexity index is 381. The van der Waals surface area contributed by atoms with E-state index in [1.54, 1.807) is 6.08 Å². The second kappa shape index (κ2) is 6.16. The molecule has 2 fully saturated rings. The van der Waals surface area contributed by atoms with E-state index in [1.807, 2.05) is 5.06 Å². The molecular weight excluding hydrogens is 250 g/mol. The van der Waals surface area contributed by atoms with E-state index in [4.69, 9.17) is 9.57 Å². The second-order valence-electron chi connectivity index (χ2n) is 4.76. The van der Waals surface area contributed by atoms with Crippen LogP contribution in [0.1, 0.15) is 25.7 Å². The van der Waals surface area contributed by atoms with E-state index in [1.165, 1.54) is 20.3 Å². The molecule has 106 valence electrons. The van der Waals surface area contributed by atoms with Crippen molar-refractivity contribution in [1.82, 2.24) is 5.06 Å². The van der Waals surface area contributed by atoms with Crippen LogP contribution in [0.2, 0.25) is 0 Å². The Labute approximate surface area is 112 Å². The van der Waals surface area contributed by atoms with Crippen LogP contribution < -0.4 is 0 Å². The first-order valence-corrected chi connectivity index (χ1v) is 6.43. The van der Waals surface area contributed by atoms with Crippen molar-refractivity contribution in [2.45, 2.75) is 43.9 Å². The molecule has 2 aliphatic heterocycles. The third kappa shape index (κ3) is 3.13. The Hall–Kier alpha value is -1.40. The number of hydrogen-bond acceptors (Lipinski definition) is 6. The number of ether oxygens (including phenoxy) is 2. The van der Waals surface area contributed by atoms with Gasteiger partial charge in [0.15, 0.2) is 6.10 Å². The van der Waals surface area contributed by atoms with Gasteiger partial charge in [-0.15, -0.1) is 0 Å². The van der Waals surface area contributed by atoms with Crippen LogP contribution in [-0.2, 0) is 23.9 Å². The van der Waals surface area contributed by atoms with E-state index in [0.29, 0.717) is 12.8 Å². The van der Waals surface area contributed by atoms with Gasteiger partial charge in [0.2, 0.25) is 0 Å². The fourth-order valence-electron chi connectivity index (χ4n) is 2.65. The molecular formula is C13H19NO5. The average molecular weight is 269 g/mol. The first-order chi connectivity index (χ1) is 9.15. The number of hydroxylamine groups is 2. The lowest BCUT2D eigenvalue weighted by Crippen LogP contribution is -2.31. The maximum Gasteiger partial charge on any atom is 0.337 e. The van der Waals surface area contributed by atoms with Gasteiger partial charge in [-0.2, -0.15) is 5.06 Å². The zero-order valence-corrected chi connectivity index (χ0v) is 11.2. The van der Waals surface area contributed by atoms with Gasteiger partial charge in [-0.1, -0.05) is 6.08 Å². The van der Waals surface area contributed by atoms with Crippen molar-refractivity contribution in [2.24, 2.45) is 0 Å². The fourth-order valence-corrected chi connectivity index (χ4v) is 2.65. The number of carbonyl (C=O) groups is 2. The standard InChI is InChI=1S/C13H19NO5/c1-17-12(15)5-3-4-9-6-7-10-8-11(13(16)18-2)19-14(9)10/h3,5,9-11H,4,6-8H2,1-2H3/b5-3+. The second-order valence-corrected chi connectivity index (χ2v) is 4.76. The van der Waals surface area contributed by atoms with Crippen molar-refractivity contribution in [3.63, 3.8) is 0 Å². The van der Waals surface area contributed by atoms with Gasteiger partial charge >= 0.3 is 11.9 Å². The first-order valence-electron chi connectivity index (χ1n) is 6.43. The van der Waals surface area contributed by atoms with Gasteiger partial charge in [0.1, 0.15) is 0 Å². The van der Waals surface area contributed by atoms with Crippen LogP contribution in [0.4, 0.5) is 0 Å². The SMILES string of the molecule is COC(=O)/C=C/CC1CCC2CC(C(=O)OC)ON12. The summed E-state index contributed by atoms with van der Waals surface area (Å²) in [5.74, 6) is -0.678. The molecule has 0 saturated carbocycles. The highest BCUT2D eigenvalue weighted by Crippen LogP contribution is 2.36. The molecule has 0 bridgehead atoms. The van der Waals surface area contributed by atoms with E-state index in [2.05, 4.69) is 4.74 Å². The van der Waals surface area contributed by atoms with Crippen LogP contribution in [0.3, 0.4) is 0 Å². The molecule has 0 radical (unpaired) electrons. The van der Waals surface area contributed by atoms with Crippen molar-refractivity contribution in [3.8, 4) is 0 Å². The highest BCUT2D eigenvalue weighted by molar-refractivity contribution is 5.81. The van der Waals surface area contributed by atoms with Crippen LogP contribution >= 0.6 is 0 Å². The highest BCUT2D eigenvalue weighted by Gasteiger charge is 2.45. The molecule has 0 aromatic heterocycles. The molecule has 3 atom stereocenters. The minimum Gasteiger partial charge on any atom is -0.467 e. The van der Waals surface area contributed by atoms with E-state index >= 15 is 0 Å². The lowest BCUT2D eigenvalue weighted by atomic mass is 10.1. The molecule has 0 N–H and O–H groups in total. The van der Waals surface area contributed by atoms with Gasteiger partial charge in [0, 0.05) is 24.6 Å². The summed E-state index contributed by atoms with van der Waals surface area (Å²) in [7, 11) is 2.72. The molecule has 2 aliphatic rings. The number of nitrogens with zero attached hydrogens (tertiary/aromatic N) is 1. The summed E-state index contributed by atoms with van der Waals surface area (Å²) in [6.45, 7) is 0. The molecule has 2 saturated heterocycles. The Balaban J connectivity index is 1.86. The highest BCUT2D eigenvalue weighted by atomic mass is 16.7. The van der Waals surface area contributed by atoms with Gasteiger partial charge in [-0.05, 0) is 19.3 Å². The maximum absolute atomic E-state index is 11.4. The lowest BCUT2D eigenvalue weighted by molar-refractivity contribution is -0.192. The molecule has 3 unspecified atom stereocenters. The number of carbonyl (C=O) groups excluding carboxylic acids is 2. The smallest absolute Gasteiger partial charge is 0.337 e. The zero-order chi connectivity index (χ0) is 13.8. The quantitative estimate of drug-likeness (QED) is 0.556. The van der Waals surface area contributed by atoms with Gasteiger partial charge in [-0.25, -0.2) is 9.59 Å². The summed E-state index contributed by atoms with van der Waals surface area (Å²) < 4.78 is 9.23. The van der Waals surface area contributed by atoms with Crippen molar-refractivity contribution >= 4 is 11.9 Å². The Kier molecular flexibility index (Phi) is 4.55. The van der Waals surface area contributed by atoms with Crippen molar-refractivity contribution in [1.29, 1.82) is 0 Å². The van der Waals surface area contributed by atoms with Gasteiger partial charge in [0.05, 0.1) is 14.2 Å². The molecule has 0 amide bonds. The van der Waals surface area contributed by atoms with Gasteiger partial charge < -0.3 is 9.47 Å². The van der Waals surface area contributed by atoms with Crippen LogP contribution in [0.25, 0.3) is 0 Å². The molecule has 6 nitrogen and oxygen atoms in total. The molecule has 0 aromatic carbocycles. The molecule has 0 spiro atoms. The number of hydrogen-bond donors (Lipinski definition) is 0. The summed E-state index contributed by atoms with van der Waals surface area (Å²) in [4.78, 5) is 28.1. The monoisotopic (exact) mass is 269 g/mol. The number of methoxy groups -OCH3 is 2. The van der Waals surface area contributed by atoms with Crippen LogP contribution in [0, 0.1) is 0 Å². The fraction of sp³-hybridized carbons (Fsp3) is 0.692. The predicted octanol–water partition coefficient (Wildman–Crippen LogP) is 0.816. The minimum atomic E-state index is -0.484. The van der Waals surface area contributed by atoms with Crippen molar-refractivity contribution < 1.29 is 23.9 Å². The number of fused-ring (bicyclic) bond motifs is 1. The zero-order valence-electron chi connectivity index (χ0n) is 11.2. The van der Waals surface area contributed by atoms with Crippen molar-refractivity contribution in [3.05, 3.63) is 12.2 Å². The van der Waals surface area contributed by atoms with Crippen LogP contribution in [0.5, 0.6) is 0 Å². The molecule has 19 heavy (non-hydrogen) atoms. The van der Waals surface area contributed by atoms with Crippen LogP contribution in [0.15, 0.2) is 12.2 Å². The molecule has 2 heterocycles. The lowest BCUT2D eigenvalue weighted by Gasteiger charge is -2.21. The Morgan fingerprint density at radius 3 is 2.79 bits per heavy atom. The maximum atomic E-state index is 11.4. The van der Waals surface area contributed by atoms with E-state index < -0.39 is 6.10 Å². The largest absolute Gasteiger partial charge is 0.467 e. The average Bonchev–Trinajstić information content (AvgIpc) is 2.99. The molecule has 6 heteroatoms. The van der Waals surface area contributed by atoms with Crippen LogP contribution in [-0.4, -0.2) is 49.4 Å². The Morgan fingerprint density at radius 2 is 2.11 bits per heavy atom. The summed E-state index contributed by atoms with van der Waals surface area (Å²) in [6.07, 6.45) is 6.12. The topological polar surface area (TPSA) is 65.1 Å². The van der Waals surface area contributed by atoms with E-state index in [-0.39, 0.29) is 24.0 Å². The Morgan fingerprint density at radius 1 is 1.32 bits per heavy atom.